The predicted octanol–water partition coefficient (Wildman–Crippen LogP) is 4.79. The molecule has 0 amide bonds. The highest BCUT2D eigenvalue weighted by atomic mass is 35.5. The standard InChI is InChI=1S/C12H6Cl2N2OS/c13-8-3-4-9(11-7(8)2-1-5-15-11)17-12-16-10(14)6-18-12/h1-6H. The lowest BCUT2D eigenvalue weighted by atomic mass is 10.2. The molecule has 2 aromatic heterocycles. The van der Waals surface area contributed by atoms with Gasteiger partial charge in [-0.05, 0) is 24.3 Å². The van der Waals surface area contributed by atoms with Crippen LogP contribution in [-0.2, 0) is 0 Å². The van der Waals surface area contributed by atoms with Crippen LogP contribution in [0.5, 0.6) is 10.9 Å². The number of halogens is 2. The van der Waals surface area contributed by atoms with E-state index in [4.69, 9.17) is 27.9 Å². The summed E-state index contributed by atoms with van der Waals surface area (Å²) in [6.07, 6.45) is 1.69. The molecule has 2 heterocycles. The largest absolute Gasteiger partial charge is 0.429 e. The third-order valence-electron chi connectivity index (χ3n) is 2.33. The van der Waals surface area contributed by atoms with Crippen LogP contribution in [0.15, 0.2) is 35.8 Å². The van der Waals surface area contributed by atoms with Crippen LogP contribution in [0.2, 0.25) is 10.2 Å². The molecule has 3 nitrogen and oxygen atoms in total. The predicted molar refractivity (Wildman–Crippen MR) is 74.0 cm³/mol. The molecule has 0 aliphatic carbocycles. The molecule has 0 radical (unpaired) electrons. The molecule has 1 aromatic carbocycles. The van der Waals surface area contributed by atoms with E-state index in [2.05, 4.69) is 9.97 Å². The summed E-state index contributed by atoms with van der Waals surface area (Å²) in [5, 5.41) is 4.10. The second kappa shape index (κ2) is 4.72. The molecule has 0 saturated heterocycles. The smallest absolute Gasteiger partial charge is 0.280 e. The van der Waals surface area contributed by atoms with E-state index in [-0.39, 0.29) is 0 Å². The minimum absolute atomic E-state index is 0.418. The summed E-state index contributed by atoms with van der Waals surface area (Å²) < 4.78 is 5.67. The maximum atomic E-state index is 6.11. The van der Waals surface area contributed by atoms with Crippen molar-refractivity contribution in [3.05, 3.63) is 46.0 Å². The van der Waals surface area contributed by atoms with Gasteiger partial charge >= 0.3 is 0 Å². The SMILES string of the molecule is Clc1csc(Oc2ccc(Cl)c3cccnc23)n1. The van der Waals surface area contributed by atoms with Crippen molar-refractivity contribution in [2.75, 3.05) is 0 Å². The quantitative estimate of drug-likeness (QED) is 0.682. The summed E-state index contributed by atoms with van der Waals surface area (Å²) in [6, 6.07) is 7.27. The lowest BCUT2D eigenvalue weighted by molar-refractivity contribution is 0.483. The zero-order chi connectivity index (χ0) is 12.5. The van der Waals surface area contributed by atoms with Crippen molar-refractivity contribution in [1.82, 2.24) is 9.97 Å². The van der Waals surface area contributed by atoms with Crippen molar-refractivity contribution in [3.8, 4) is 10.9 Å². The molecule has 0 bridgehead atoms. The Bertz CT molecular complexity index is 714. The van der Waals surface area contributed by atoms with E-state index in [0.29, 0.717) is 26.6 Å². The van der Waals surface area contributed by atoms with E-state index in [9.17, 15) is 0 Å². The van der Waals surface area contributed by atoms with Gasteiger partial charge in [-0.3, -0.25) is 4.98 Å². The van der Waals surface area contributed by atoms with E-state index in [0.717, 1.165) is 5.39 Å². The number of benzene rings is 1. The second-order valence-corrected chi connectivity index (χ2v) is 5.10. The van der Waals surface area contributed by atoms with Gasteiger partial charge in [0.2, 0.25) is 0 Å². The third kappa shape index (κ3) is 2.14. The summed E-state index contributed by atoms with van der Waals surface area (Å²) in [7, 11) is 0. The van der Waals surface area contributed by atoms with Crippen molar-refractivity contribution in [2.45, 2.75) is 0 Å². The first kappa shape index (κ1) is 11.7. The fourth-order valence-electron chi connectivity index (χ4n) is 1.57. The van der Waals surface area contributed by atoms with Crippen LogP contribution in [0, 0.1) is 0 Å². The number of nitrogens with zero attached hydrogens (tertiary/aromatic N) is 2. The van der Waals surface area contributed by atoms with Crippen LogP contribution in [0.4, 0.5) is 0 Å². The van der Waals surface area contributed by atoms with Crippen molar-refractivity contribution < 1.29 is 4.74 Å². The van der Waals surface area contributed by atoms with Crippen LogP contribution in [0.1, 0.15) is 0 Å². The average Bonchev–Trinajstić information content (AvgIpc) is 2.79. The van der Waals surface area contributed by atoms with Gasteiger partial charge in [-0.2, -0.15) is 4.98 Å². The molecule has 0 N–H and O–H groups in total. The molecule has 0 aliphatic rings. The number of ether oxygens (including phenoxy) is 1. The maximum absolute atomic E-state index is 6.11. The summed E-state index contributed by atoms with van der Waals surface area (Å²) in [4.78, 5) is 8.32. The fraction of sp³-hybridized carbons (Fsp3) is 0. The molecule has 0 unspecified atom stereocenters. The number of hydrogen-bond acceptors (Lipinski definition) is 4. The minimum Gasteiger partial charge on any atom is -0.429 e. The van der Waals surface area contributed by atoms with E-state index in [1.54, 1.807) is 23.7 Å². The lowest BCUT2D eigenvalue weighted by Gasteiger charge is -2.06. The first-order valence-corrected chi connectivity index (χ1v) is 6.70. The van der Waals surface area contributed by atoms with Crippen LogP contribution in [-0.4, -0.2) is 9.97 Å². The maximum Gasteiger partial charge on any atom is 0.280 e. The van der Waals surface area contributed by atoms with Crippen LogP contribution in [0.25, 0.3) is 10.9 Å². The van der Waals surface area contributed by atoms with Gasteiger partial charge in [-0.15, -0.1) is 0 Å². The number of rotatable bonds is 2. The Balaban J connectivity index is 2.09. The number of aromatic nitrogens is 2. The van der Waals surface area contributed by atoms with Gasteiger partial charge < -0.3 is 4.74 Å². The highest BCUT2D eigenvalue weighted by Gasteiger charge is 2.09. The summed E-state index contributed by atoms with van der Waals surface area (Å²) in [6.45, 7) is 0. The Hall–Kier alpha value is -1.36. The monoisotopic (exact) mass is 296 g/mol. The highest BCUT2D eigenvalue weighted by molar-refractivity contribution is 7.11. The molecular weight excluding hydrogens is 291 g/mol. The van der Waals surface area contributed by atoms with Gasteiger partial charge in [-0.1, -0.05) is 34.5 Å². The Kier molecular flexibility index (Phi) is 3.07. The molecule has 90 valence electrons. The van der Waals surface area contributed by atoms with Crippen molar-refractivity contribution in [1.29, 1.82) is 0 Å². The molecule has 3 rings (SSSR count). The third-order valence-corrected chi connectivity index (χ3v) is 3.70. The van der Waals surface area contributed by atoms with Crippen LogP contribution >= 0.6 is 34.5 Å². The Morgan fingerprint density at radius 3 is 2.83 bits per heavy atom. The summed E-state index contributed by atoms with van der Waals surface area (Å²) in [5.41, 5.74) is 0.705. The van der Waals surface area contributed by atoms with E-state index in [1.807, 2.05) is 12.1 Å². The van der Waals surface area contributed by atoms with Gasteiger partial charge in [0.05, 0.1) is 5.02 Å². The van der Waals surface area contributed by atoms with Gasteiger partial charge in [0.25, 0.3) is 5.19 Å². The zero-order valence-electron chi connectivity index (χ0n) is 8.93. The van der Waals surface area contributed by atoms with Crippen LogP contribution < -0.4 is 4.74 Å². The first-order valence-electron chi connectivity index (χ1n) is 5.06. The lowest BCUT2D eigenvalue weighted by Crippen LogP contribution is -1.87. The minimum atomic E-state index is 0.418. The van der Waals surface area contributed by atoms with Crippen molar-refractivity contribution in [3.63, 3.8) is 0 Å². The Labute approximate surface area is 117 Å². The molecule has 3 aromatic rings. The number of thiazole rings is 1. The summed E-state index contributed by atoms with van der Waals surface area (Å²) in [5.74, 6) is 0.612. The molecule has 0 atom stereocenters. The average molecular weight is 297 g/mol. The summed E-state index contributed by atoms with van der Waals surface area (Å²) >= 11 is 13.2. The molecular formula is C12H6Cl2N2OS. The highest BCUT2D eigenvalue weighted by Crippen LogP contribution is 2.34. The first-order chi connectivity index (χ1) is 8.74. The van der Waals surface area contributed by atoms with Crippen LogP contribution in [0.3, 0.4) is 0 Å². The van der Waals surface area contributed by atoms with Gasteiger partial charge in [0.1, 0.15) is 10.7 Å². The molecule has 0 fully saturated rings. The topological polar surface area (TPSA) is 35.0 Å². The van der Waals surface area contributed by atoms with Gasteiger partial charge in [0.15, 0.2) is 5.75 Å². The van der Waals surface area contributed by atoms with E-state index >= 15 is 0 Å². The molecule has 0 aliphatic heterocycles. The molecule has 0 spiro atoms. The second-order valence-electron chi connectivity index (χ2n) is 3.48. The van der Waals surface area contributed by atoms with Gasteiger partial charge in [-0.25, -0.2) is 0 Å². The number of fused-ring (bicyclic) bond motifs is 1. The van der Waals surface area contributed by atoms with Crippen molar-refractivity contribution >= 4 is 45.4 Å². The van der Waals surface area contributed by atoms with Gasteiger partial charge in [0, 0.05) is 17.0 Å². The zero-order valence-corrected chi connectivity index (χ0v) is 11.3. The number of hydrogen-bond donors (Lipinski definition) is 0. The molecule has 6 heteroatoms. The molecule has 0 saturated carbocycles. The normalized spacial score (nSPS) is 10.8. The van der Waals surface area contributed by atoms with E-state index < -0.39 is 0 Å². The van der Waals surface area contributed by atoms with Crippen molar-refractivity contribution in [2.24, 2.45) is 0 Å². The molecule has 18 heavy (non-hydrogen) atoms. The number of pyridine rings is 1. The Morgan fingerprint density at radius 1 is 1.17 bits per heavy atom. The van der Waals surface area contributed by atoms with E-state index in [1.165, 1.54) is 11.3 Å². The fourth-order valence-corrected chi connectivity index (χ4v) is 2.59. The Morgan fingerprint density at radius 2 is 2.06 bits per heavy atom.